The standard InChI is InChI=1S/C19H14N2O4S2/c1-12(22)25-15-9-7-13(8-10-15)11-16-18(24)21(19(26)27-16)20-17(23)14-5-3-2-4-6-14/h2-11H,1H3,(H,20,23)/b16-11+. The minimum absolute atomic E-state index is 0.243. The fourth-order valence-electron chi connectivity index (χ4n) is 2.27. The van der Waals surface area contributed by atoms with Crippen molar-refractivity contribution in [2.75, 3.05) is 0 Å². The number of nitrogens with zero attached hydrogens (tertiary/aromatic N) is 1. The number of carbonyl (C=O) groups is 3. The maximum absolute atomic E-state index is 12.6. The predicted molar refractivity (Wildman–Crippen MR) is 107 cm³/mol. The first kappa shape index (κ1) is 18.8. The van der Waals surface area contributed by atoms with Gasteiger partial charge in [0.2, 0.25) is 0 Å². The van der Waals surface area contributed by atoms with Gasteiger partial charge in [0, 0.05) is 12.5 Å². The summed E-state index contributed by atoms with van der Waals surface area (Å²) in [4.78, 5) is 36.1. The fraction of sp³-hybridized carbons (Fsp3) is 0.0526. The molecule has 0 aliphatic carbocycles. The Morgan fingerprint density at radius 2 is 1.78 bits per heavy atom. The average molecular weight is 398 g/mol. The van der Waals surface area contributed by atoms with Gasteiger partial charge < -0.3 is 4.74 Å². The first-order chi connectivity index (χ1) is 12.9. The second-order valence-electron chi connectivity index (χ2n) is 5.49. The summed E-state index contributed by atoms with van der Waals surface area (Å²) in [5.74, 6) is -0.808. The van der Waals surface area contributed by atoms with Gasteiger partial charge in [0.15, 0.2) is 4.32 Å². The van der Waals surface area contributed by atoms with Crippen LogP contribution in [-0.4, -0.2) is 27.1 Å². The lowest BCUT2D eigenvalue weighted by Gasteiger charge is -2.15. The fourth-order valence-corrected chi connectivity index (χ4v) is 3.45. The van der Waals surface area contributed by atoms with Crippen LogP contribution in [0.2, 0.25) is 0 Å². The van der Waals surface area contributed by atoms with Gasteiger partial charge in [0.05, 0.1) is 4.91 Å². The van der Waals surface area contributed by atoms with Crippen LogP contribution >= 0.6 is 24.0 Å². The van der Waals surface area contributed by atoms with Gasteiger partial charge in [0.25, 0.3) is 11.8 Å². The normalized spacial score (nSPS) is 15.1. The molecule has 6 nitrogen and oxygen atoms in total. The number of ether oxygens (including phenoxy) is 1. The smallest absolute Gasteiger partial charge is 0.308 e. The number of hydrogen-bond donors (Lipinski definition) is 1. The van der Waals surface area contributed by atoms with Gasteiger partial charge in [-0.1, -0.05) is 42.1 Å². The van der Waals surface area contributed by atoms with E-state index in [0.29, 0.717) is 16.2 Å². The molecule has 8 heteroatoms. The molecule has 0 bridgehead atoms. The summed E-state index contributed by atoms with van der Waals surface area (Å²) < 4.78 is 5.21. The topological polar surface area (TPSA) is 75.7 Å². The molecular formula is C19H14N2O4S2. The number of hydrazine groups is 1. The SMILES string of the molecule is CC(=O)Oc1ccc(/C=C2/SC(=S)N(NC(=O)c3ccccc3)C2=O)cc1. The second-order valence-corrected chi connectivity index (χ2v) is 7.16. The van der Waals surface area contributed by atoms with E-state index in [4.69, 9.17) is 17.0 Å². The summed E-state index contributed by atoms with van der Waals surface area (Å²) in [7, 11) is 0. The molecule has 1 saturated heterocycles. The Bertz CT molecular complexity index is 940. The quantitative estimate of drug-likeness (QED) is 0.369. The van der Waals surface area contributed by atoms with Gasteiger partial charge in [-0.25, -0.2) is 0 Å². The average Bonchev–Trinajstić information content (AvgIpc) is 2.91. The molecule has 0 spiro atoms. The molecule has 1 N–H and O–H groups in total. The number of thioether (sulfide) groups is 1. The highest BCUT2D eigenvalue weighted by molar-refractivity contribution is 8.26. The molecule has 2 aromatic carbocycles. The number of rotatable bonds is 4. The van der Waals surface area contributed by atoms with Gasteiger partial charge >= 0.3 is 5.97 Å². The van der Waals surface area contributed by atoms with Crippen molar-refractivity contribution in [2.24, 2.45) is 0 Å². The van der Waals surface area contributed by atoms with E-state index in [9.17, 15) is 14.4 Å². The van der Waals surface area contributed by atoms with Crippen LogP contribution in [0.1, 0.15) is 22.8 Å². The molecule has 0 saturated carbocycles. The predicted octanol–water partition coefficient (Wildman–Crippen LogP) is 3.16. The van der Waals surface area contributed by atoms with Crippen LogP contribution in [0.4, 0.5) is 0 Å². The maximum Gasteiger partial charge on any atom is 0.308 e. The molecule has 1 fully saturated rings. The van der Waals surface area contributed by atoms with Crippen LogP contribution in [0, 0.1) is 0 Å². The number of hydrogen-bond acceptors (Lipinski definition) is 6. The first-order valence-electron chi connectivity index (χ1n) is 7.86. The summed E-state index contributed by atoms with van der Waals surface area (Å²) in [6, 6.07) is 15.3. The summed E-state index contributed by atoms with van der Waals surface area (Å²) >= 11 is 6.30. The van der Waals surface area contributed by atoms with Crippen molar-refractivity contribution >= 4 is 52.2 Å². The van der Waals surface area contributed by atoms with E-state index >= 15 is 0 Å². The Morgan fingerprint density at radius 1 is 1.11 bits per heavy atom. The number of esters is 1. The van der Waals surface area contributed by atoms with E-state index < -0.39 is 17.8 Å². The zero-order valence-corrected chi connectivity index (χ0v) is 15.8. The molecule has 0 radical (unpaired) electrons. The Labute approximate surface area is 165 Å². The van der Waals surface area contributed by atoms with Gasteiger partial charge in [-0.05, 0) is 48.1 Å². The lowest BCUT2D eigenvalue weighted by atomic mass is 10.2. The Morgan fingerprint density at radius 3 is 2.41 bits per heavy atom. The van der Waals surface area contributed by atoms with E-state index in [1.165, 1.54) is 6.92 Å². The van der Waals surface area contributed by atoms with E-state index in [-0.39, 0.29) is 4.32 Å². The van der Waals surface area contributed by atoms with Crippen molar-refractivity contribution < 1.29 is 19.1 Å². The Kier molecular flexibility index (Phi) is 5.68. The third kappa shape index (κ3) is 4.60. The molecule has 0 atom stereocenters. The summed E-state index contributed by atoms with van der Waals surface area (Å²) in [6.45, 7) is 1.32. The van der Waals surface area contributed by atoms with Crippen LogP contribution < -0.4 is 10.2 Å². The van der Waals surface area contributed by atoms with E-state index in [1.54, 1.807) is 60.7 Å². The number of benzene rings is 2. The van der Waals surface area contributed by atoms with Crippen molar-refractivity contribution in [1.29, 1.82) is 0 Å². The van der Waals surface area contributed by atoms with Crippen LogP contribution in [0.5, 0.6) is 5.75 Å². The van der Waals surface area contributed by atoms with Crippen molar-refractivity contribution in [2.45, 2.75) is 6.92 Å². The minimum atomic E-state index is -0.418. The second kappa shape index (κ2) is 8.15. The molecule has 1 heterocycles. The number of amides is 2. The Hall–Kier alpha value is -2.97. The van der Waals surface area contributed by atoms with Crippen molar-refractivity contribution in [3.05, 3.63) is 70.6 Å². The summed E-state index contributed by atoms with van der Waals surface area (Å²) in [5.41, 5.74) is 3.69. The molecule has 2 aromatic rings. The molecular weight excluding hydrogens is 384 g/mol. The number of thiocarbonyl (C=S) groups is 1. The van der Waals surface area contributed by atoms with Crippen LogP contribution in [-0.2, 0) is 9.59 Å². The van der Waals surface area contributed by atoms with Crippen molar-refractivity contribution in [3.63, 3.8) is 0 Å². The molecule has 136 valence electrons. The number of carbonyl (C=O) groups excluding carboxylic acids is 3. The van der Waals surface area contributed by atoms with Gasteiger partial charge in [0.1, 0.15) is 5.75 Å². The van der Waals surface area contributed by atoms with Gasteiger partial charge in [-0.3, -0.25) is 19.8 Å². The van der Waals surface area contributed by atoms with E-state index in [2.05, 4.69) is 5.43 Å². The molecule has 2 amide bonds. The van der Waals surface area contributed by atoms with Gasteiger partial charge in [-0.15, -0.1) is 0 Å². The van der Waals surface area contributed by atoms with Crippen LogP contribution in [0.25, 0.3) is 6.08 Å². The zero-order valence-electron chi connectivity index (χ0n) is 14.2. The molecule has 27 heavy (non-hydrogen) atoms. The minimum Gasteiger partial charge on any atom is -0.427 e. The monoisotopic (exact) mass is 398 g/mol. The molecule has 1 aliphatic rings. The molecule has 0 unspecified atom stereocenters. The zero-order chi connectivity index (χ0) is 19.4. The van der Waals surface area contributed by atoms with Crippen LogP contribution in [0.3, 0.4) is 0 Å². The third-order valence-electron chi connectivity index (χ3n) is 3.48. The highest BCUT2D eigenvalue weighted by Gasteiger charge is 2.33. The van der Waals surface area contributed by atoms with Crippen molar-refractivity contribution in [1.82, 2.24) is 10.4 Å². The summed E-state index contributed by atoms with van der Waals surface area (Å²) in [6.07, 6.45) is 1.66. The molecule has 3 rings (SSSR count). The Balaban J connectivity index is 1.72. The van der Waals surface area contributed by atoms with Crippen LogP contribution in [0.15, 0.2) is 59.5 Å². The third-order valence-corrected chi connectivity index (χ3v) is 4.78. The highest BCUT2D eigenvalue weighted by atomic mass is 32.2. The molecule has 1 aliphatic heterocycles. The first-order valence-corrected chi connectivity index (χ1v) is 9.09. The highest BCUT2D eigenvalue weighted by Crippen LogP contribution is 2.31. The lowest BCUT2D eigenvalue weighted by molar-refractivity contribution is -0.131. The molecule has 0 aromatic heterocycles. The number of nitrogens with one attached hydrogen (secondary N) is 1. The van der Waals surface area contributed by atoms with E-state index in [0.717, 1.165) is 22.3 Å². The largest absolute Gasteiger partial charge is 0.427 e. The van der Waals surface area contributed by atoms with Crippen molar-refractivity contribution in [3.8, 4) is 5.75 Å². The van der Waals surface area contributed by atoms with E-state index in [1.807, 2.05) is 0 Å². The van der Waals surface area contributed by atoms with Gasteiger partial charge in [-0.2, -0.15) is 5.01 Å². The lowest BCUT2D eigenvalue weighted by Crippen LogP contribution is -2.44. The summed E-state index contributed by atoms with van der Waals surface area (Å²) in [5, 5.41) is 1.06. The maximum atomic E-state index is 12.6.